The minimum Gasteiger partial charge on any atom is -0.299 e. The third-order valence-corrected chi connectivity index (χ3v) is 3.94. The highest BCUT2D eigenvalue weighted by Crippen LogP contribution is 2.58. The van der Waals surface area contributed by atoms with E-state index in [-0.39, 0.29) is 10.8 Å². The summed E-state index contributed by atoms with van der Waals surface area (Å²) in [6.07, 6.45) is 4.75. The summed E-state index contributed by atoms with van der Waals surface area (Å²) in [5.41, 5.74) is -0.0255. The normalized spacial score (nSPS) is 32.8. The molecule has 12 heavy (non-hydrogen) atoms. The lowest BCUT2D eigenvalue weighted by atomic mass is 9.47. The molecule has 0 aromatic heterocycles. The molecule has 1 nitrogen and oxygen atoms in total. The molecule has 1 aliphatic carbocycles. The Morgan fingerprint density at radius 1 is 1.50 bits per heavy atom. The third kappa shape index (κ3) is 0.825. The Hall–Kier alpha value is -0.590. The van der Waals surface area contributed by atoms with Gasteiger partial charge in [-0.2, -0.15) is 0 Å². The molecule has 0 heterocycles. The number of rotatable bonds is 3. The van der Waals surface area contributed by atoms with Crippen LogP contribution >= 0.6 is 0 Å². The van der Waals surface area contributed by atoms with Crippen LogP contribution in [-0.2, 0) is 4.79 Å². The van der Waals surface area contributed by atoms with E-state index in [4.69, 9.17) is 0 Å². The summed E-state index contributed by atoms with van der Waals surface area (Å²) >= 11 is 0. The molecular formula is C11H18O. The van der Waals surface area contributed by atoms with Crippen LogP contribution in [0.3, 0.4) is 0 Å². The van der Waals surface area contributed by atoms with E-state index in [1.165, 1.54) is 0 Å². The van der Waals surface area contributed by atoms with Gasteiger partial charge in [0.25, 0.3) is 0 Å². The molecule has 0 amide bonds. The predicted octanol–water partition coefficient (Wildman–Crippen LogP) is 2.96. The first kappa shape index (κ1) is 9.50. The molecule has 1 saturated carbocycles. The van der Waals surface area contributed by atoms with Crippen LogP contribution in [0.25, 0.3) is 0 Å². The zero-order chi connectivity index (χ0) is 9.41. The van der Waals surface area contributed by atoms with Gasteiger partial charge < -0.3 is 0 Å². The molecular weight excluding hydrogens is 148 g/mol. The summed E-state index contributed by atoms with van der Waals surface area (Å²) in [5, 5.41) is 0. The van der Waals surface area contributed by atoms with Crippen LogP contribution < -0.4 is 0 Å². The smallest absolute Gasteiger partial charge is 0.143 e. The molecule has 0 saturated heterocycles. The Labute approximate surface area is 74.9 Å². The number of hydrogen-bond donors (Lipinski definition) is 0. The second-order valence-corrected chi connectivity index (χ2v) is 3.99. The molecule has 1 aliphatic rings. The average Bonchev–Trinajstić information content (AvgIpc) is 2.12. The van der Waals surface area contributed by atoms with Crippen LogP contribution in [0.15, 0.2) is 12.7 Å². The maximum atomic E-state index is 11.4. The van der Waals surface area contributed by atoms with Gasteiger partial charge in [0.15, 0.2) is 0 Å². The Balaban J connectivity index is 2.96. The summed E-state index contributed by atoms with van der Waals surface area (Å²) in [7, 11) is 0. The predicted molar refractivity (Wildman–Crippen MR) is 50.9 cm³/mol. The molecule has 1 atom stereocenters. The van der Waals surface area contributed by atoms with E-state index in [2.05, 4.69) is 20.4 Å². The molecule has 0 radical (unpaired) electrons. The van der Waals surface area contributed by atoms with Crippen molar-refractivity contribution in [2.75, 3.05) is 0 Å². The fraction of sp³-hybridized carbons (Fsp3) is 0.727. The van der Waals surface area contributed by atoms with Gasteiger partial charge in [0, 0.05) is 11.8 Å². The van der Waals surface area contributed by atoms with Crippen LogP contribution in [0, 0.1) is 10.8 Å². The van der Waals surface area contributed by atoms with Gasteiger partial charge in [-0.1, -0.05) is 19.9 Å². The Morgan fingerprint density at radius 3 is 2.17 bits per heavy atom. The zero-order valence-electron chi connectivity index (χ0n) is 8.31. The molecule has 0 unspecified atom stereocenters. The SMILES string of the molecule is C=C[C@@]1(C)C(=O)CC1(CC)CC. The van der Waals surface area contributed by atoms with Gasteiger partial charge >= 0.3 is 0 Å². The van der Waals surface area contributed by atoms with Crippen molar-refractivity contribution in [3.05, 3.63) is 12.7 Å². The van der Waals surface area contributed by atoms with Crippen molar-refractivity contribution >= 4 is 5.78 Å². The first-order valence-corrected chi connectivity index (χ1v) is 4.73. The number of carbonyl (C=O) groups excluding carboxylic acids is 1. The van der Waals surface area contributed by atoms with Crippen LogP contribution in [0.2, 0.25) is 0 Å². The van der Waals surface area contributed by atoms with Crippen molar-refractivity contribution in [3.63, 3.8) is 0 Å². The number of hydrogen-bond acceptors (Lipinski definition) is 1. The molecule has 0 aromatic rings. The second kappa shape index (κ2) is 2.72. The monoisotopic (exact) mass is 166 g/mol. The minimum atomic E-state index is -0.240. The van der Waals surface area contributed by atoms with Crippen LogP contribution in [-0.4, -0.2) is 5.78 Å². The topological polar surface area (TPSA) is 17.1 Å². The van der Waals surface area contributed by atoms with E-state index in [9.17, 15) is 4.79 Å². The summed E-state index contributed by atoms with van der Waals surface area (Å²) in [5.74, 6) is 0.362. The molecule has 0 bridgehead atoms. The van der Waals surface area contributed by atoms with Gasteiger partial charge in [0.2, 0.25) is 0 Å². The van der Waals surface area contributed by atoms with Gasteiger partial charge in [-0.3, -0.25) is 4.79 Å². The third-order valence-electron chi connectivity index (χ3n) is 3.94. The molecule has 1 fully saturated rings. The Bertz CT molecular complexity index is 213. The van der Waals surface area contributed by atoms with Crippen molar-refractivity contribution < 1.29 is 4.79 Å². The second-order valence-electron chi connectivity index (χ2n) is 3.99. The van der Waals surface area contributed by atoms with E-state index < -0.39 is 0 Å². The summed E-state index contributed by atoms with van der Waals surface area (Å²) in [6, 6.07) is 0. The molecule has 1 heteroatoms. The summed E-state index contributed by atoms with van der Waals surface area (Å²) < 4.78 is 0. The number of ketones is 1. The summed E-state index contributed by atoms with van der Waals surface area (Å²) in [6.45, 7) is 10.1. The van der Waals surface area contributed by atoms with E-state index in [1.807, 2.05) is 13.0 Å². The fourth-order valence-corrected chi connectivity index (χ4v) is 2.43. The van der Waals surface area contributed by atoms with E-state index >= 15 is 0 Å². The highest BCUT2D eigenvalue weighted by atomic mass is 16.1. The maximum Gasteiger partial charge on any atom is 0.143 e. The number of carbonyl (C=O) groups is 1. The number of Topliss-reactive ketones (excluding diaryl/α,β-unsaturated/α-hetero) is 1. The van der Waals surface area contributed by atoms with Crippen LogP contribution in [0.5, 0.6) is 0 Å². The number of allylic oxidation sites excluding steroid dienone is 1. The quantitative estimate of drug-likeness (QED) is 0.589. The molecule has 0 N–H and O–H groups in total. The van der Waals surface area contributed by atoms with Crippen LogP contribution in [0.4, 0.5) is 0 Å². The molecule has 0 spiro atoms. The Morgan fingerprint density at radius 2 is 2.00 bits per heavy atom. The molecule has 1 rings (SSSR count). The zero-order valence-corrected chi connectivity index (χ0v) is 8.31. The lowest BCUT2D eigenvalue weighted by molar-refractivity contribution is -0.152. The highest BCUT2D eigenvalue weighted by molar-refractivity contribution is 5.94. The molecule has 0 aliphatic heterocycles. The van der Waals surface area contributed by atoms with Crippen molar-refractivity contribution in [2.24, 2.45) is 10.8 Å². The molecule has 68 valence electrons. The fourth-order valence-electron chi connectivity index (χ4n) is 2.43. The molecule has 0 aromatic carbocycles. The minimum absolute atomic E-state index is 0.214. The van der Waals surface area contributed by atoms with Crippen LogP contribution in [0.1, 0.15) is 40.0 Å². The first-order chi connectivity index (χ1) is 5.56. The van der Waals surface area contributed by atoms with Crippen molar-refractivity contribution in [2.45, 2.75) is 40.0 Å². The standard InChI is InChI=1S/C11H18O/c1-5-10(4)9(12)8-11(10,6-2)7-3/h5H,1,6-8H2,2-4H3/t10-/m0/s1. The largest absolute Gasteiger partial charge is 0.299 e. The van der Waals surface area contributed by atoms with E-state index in [0.29, 0.717) is 5.78 Å². The maximum absolute atomic E-state index is 11.4. The lowest BCUT2D eigenvalue weighted by Gasteiger charge is -2.54. The van der Waals surface area contributed by atoms with Crippen molar-refractivity contribution in [1.29, 1.82) is 0 Å². The summed E-state index contributed by atoms with van der Waals surface area (Å²) in [4.78, 5) is 11.4. The van der Waals surface area contributed by atoms with E-state index in [1.54, 1.807) is 0 Å². The average molecular weight is 166 g/mol. The Kier molecular flexibility index (Phi) is 2.15. The van der Waals surface area contributed by atoms with Gasteiger partial charge in [0.05, 0.1) is 0 Å². The lowest BCUT2D eigenvalue weighted by Crippen LogP contribution is -2.55. The van der Waals surface area contributed by atoms with Crippen molar-refractivity contribution in [1.82, 2.24) is 0 Å². The first-order valence-electron chi connectivity index (χ1n) is 4.73. The van der Waals surface area contributed by atoms with Gasteiger partial charge in [-0.25, -0.2) is 0 Å². The highest BCUT2D eigenvalue weighted by Gasteiger charge is 2.58. The van der Waals surface area contributed by atoms with Gasteiger partial charge in [-0.05, 0) is 25.2 Å². The van der Waals surface area contributed by atoms with E-state index in [0.717, 1.165) is 19.3 Å². The van der Waals surface area contributed by atoms with Gasteiger partial charge in [0.1, 0.15) is 5.78 Å². The van der Waals surface area contributed by atoms with Gasteiger partial charge in [-0.15, -0.1) is 6.58 Å². The van der Waals surface area contributed by atoms with Crippen molar-refractivity contribution in [3.8, 4) is 0 Å².